The molecule has 0 radical (unpaired) electrons. The molecule has 3 heteroatoms. The van der Waals surface area contributed by atoms with Crippen molar-refractivity contribution in [2.45, 2.75) is 58.2 Å². The smallest absolute Gasteiger partial charge is 0.0638 e. The summed E-state index contributed by atoms with van der Waals surface area (Å²) >= 11 is 0. The van der Waals surface area contributed by atoms with E-state index in [1.165, 1.54) is 0 Å². The third-order valence-electron chi connectivity index (χ3n) is 3.66. The van der Waals surface area contributed by atoms with Crippen molar-refractivity contribution in [3.63, 3.8) is 0 Å². The van der Waals surface area contributed by atoms with Gasteiger partial charge in [0, 0.05) is 30.7 Å². The summed E-state index contributed by atoms with van der Waals surface area (Å²) in [5, 5.41) is 8.95. The SMILES string of the molecule is CCC(C)N1C(CC#N)CN(C)CC1(C)C. The second kappa shape index (κ2) is 5.16. The number of hydrogen-bond acceptors (Lipinski definition) is 3. The largest absolute Gasteiger partial charge is 0.303 e. The van der Waals surface area contributed by atoms with Gasteiger partial charge in [-0.1, -0.05) is 6.92 Å². The van der Waals surface area contributed by atoms with Crippen molar-refractivity contribution >= 4 is 0 Å². The molecule has 0 aromatic heterocycles. The lowest BCUT2D eigenvalue weighted by atomic mass is 9.91. The van der Waals surface area contributed by atoms with Crippen LogP contribution in [0.2, 0.25) is 0 Å². The third kappa shape index (κ3) is 2.75. The van der Waals surface area contributed by atoms with E-state index in [-0.39, 0.29) is 5.54 Å². The Bertz CT molecular complexity index is 267. The predicted octanol–water partition coefficient (Wildman–Crippen LogP) is 2.09. The molecule has 92 valence electrons. The van der Waals surface area contributed by atoms with Crippen molar-refractivity contribution in [2.75, 3.05) is 20.1 Å². The van der Waals surface area contributed by atoms with Crippen LogP contribution in [0.25, 0.3) is 0 Å². The van der Waals surface area contributed by atoms with Gasteiger partial charge in [-0.2, -0.15) is 5.26 Å². The molecular formula is C13H25N3. The summed E-state index contributed by atoms with van der Waals surface area (Å²) in [4.78, 5) is 4.90. The van der Waals surface area contributed by atoms with Crippen LogP contribution in [0.5, 0.6) is 0 Å². The minimum absolute atomic E-state index is 0.171. The van der Waals surface area contributed by atoms with E-state index >= 15 is 0 Å². The van der Waals surface area contributed by atoms with E-state index in [0.717, 1.165) is 19.5 Å². The first-order valence-electron chi connectivity index (χ1n) is 6.26. The van der Waals surface area contributed by atoms with E-state index in [2.05, 4.69) is 50.6 Å². The molecule has 0 aromatic carbocycles. The van der Waals surface area contributed by atoms with Crippen LogP contribution in [0.1, 0.15) is 40.5 Å². The van der Waals surface area contributed by atoms with E-state index in [1.54, 1.807) is 0 Å². The monoisotopic (exact) mass is 223 g/mol. The average Bonchev–Trinajstić information content (AvgIpc) is 2.15. The van der Waals surface area contributed by atoms with Gasteiger partial charge >= 0.3 is 0 Å². The molecular weight excluding hydrogens is 198 g/mol. The van der Waals surface area contributed by atoms with Crippen LogP contribution in [0, 0.1) is 11.3 Å². The lowest BCUT2D eigenvalue weighted by Crippen LogP contribution is -2.65. The Morgan fingerprint density at radius 2 is 2.12 bits per heavy atom. The molecule has 0 N–H and O–H groups in total. The number of nitrogens with zero attached hydrogens (tertiary/aromatic N) is 3. The molecule has 1 heterocycles. The number of likely N-dealkylation sites (N-methyl/N-ethyl adjacent to an activating group) is 1. The van der Waals surface area contributed by atoms with Crippen LogP contribution < -0.4 is 0 Å². The van der Waals surface area contributed by atoms with Crippen molar-refractivity contribution in [1.29, 1.82) is 5.26 Å². The molecule has 2 unspecified atom stereocenters. The standard InChI is InChI=1S/C13H25N3/c1-6-11(2)16-12(7-8-14)9-15(5)10-13(16,3)4/h11-12H,6-7,9-10H2,1-5H3. The molecule has 1 aliphatic heterocycles. The first kappa shape index (κ1) is 13.5. The zero-order valence-corrected chi connectivity index (χ0v) is 11.3. The Balaban J connectivity index is 2.90. The summed E-state index contributed by atoms with van der Waals surface area (Å²) in [5.41, 5.74) is 0.171. The number of rotatable bonds is 3. The van der Waals surface area contributed by atoms with E-state index in [1.807, 2.05) is 0 Å². The summed E-state index contributed by atoms with van der Waals surface area (Å²) < 4.78 is 0. The van der Waals surface area contributed by atoms with E-state index < -0.39 is 0 Å². The van der Waals surface area contributed by atoms with Gasteiger partial charge in [0.05, 0.1) is 12.5 Å². The molecule has 1 fully saturated rings. The molecule has 16 heavy (non-hydrogen) atoms. The summed E-state index contributed by atoms with van der Waals surface area (Å²) in [6, 6.07) is 3.28. The molecule has 0 amide bonds. The maximum Gasteiger partial charge on any atom is 0.0638 e. The highest BCUT2D eigenvalue weighted by Gasteiger charge is 2.40. The normalized spacial score (nSPS) is 28.6. The molecule has 3 nitrogen and oxygen atoms in total. The molecule has 0 saturated carbocycles. The summed E-state index contributed by atoms with van der Waals surface area (Å²) in [7, 11) is 2.15. The number of piperazine rings is 1. The molecule has 0 aliphatic carbocycles. The highest BCUT2D eigenvalue weighted by molar-refractivity contribution is 4.99. The van der Waals surface area contributed by atoms with Gasteiger partial charge in [-0.15, -0.1) is 0 Å². The zero-order chi connectivity index (χ0) is 12.3. The quantitative estimate of drug-likeness (QED) is 0.734. The minimum Gasteiger partial charge on any atom is -0.303 e. The molecule has 0 spiro atoms. The van der Waals surface area contributed by atoms with Crippen molar-refractivity contribution in [2.24, 2.45) is 0 Å². The molecule has 0 bridgehead atoms. The highest BCUT2D eigenvalue weighted by Crippen LogP contribution is 2.29. The Morgan fingerprint density at radius 1 is 1.50 bits per heavy atom. The third-order valence-corrected chi connectivity index (χ3v) is 3.66. The topological polar surface area (TPSA) is 30.3 Å². The first-order valence-corrected chi connectivity index (χ1v) is 6.26. The fraction of sp³-hybridized carbons (Fsp3) is 0.923. The van der Waals surface area contributed by atoms with Crippen LogP contribution in [0.15, 0.2) is 0 Å². The van der Waals surface area contributed by atoms with Crippen LogP contribution >= 0.6 is 0 Å². The van der Waals surface area contributed by atoms with Crippen molar-refractivity contribution in [3.8, 4) is 6.07 Å². The van der Waals surface area contributed by atoms with Gasteiger partial charge in [-0.3, -0.25) is 4.90 Å². The molecule has 2 atom stereocenters. The number of hydrogen-bond donors (Lipinski definition) is 0. The van der Waals surface area contributed by atoms with Gasteiger partial charge < -0.3 is 4.90 Å². The van der Waals surface area contributed by atoms with Crippen molar-refractivity contribution < 1.29 is 0 Å². The van der Waals surface area contributed by atoms with Gasteiger partial charge in [0.1, 0.15) is 0 Å². The van der Waals surface area contributed by atoms with E-state index in [4.69, 9.17) is 5.26 Å². The first-order chi connectivity index (χ1) is 7.42. The fourth-order valence-corrected chi connectivity index (χ4v) is 3.17. The van der Waals surface area contributed by atoms with Gasteiger partial charge in [-0.25, -0.2) is 0 Å². The number of nitriles is 1. The van der Waals surface area contributed by atoms with Crippen molar-refractivity contribution in [1.82, 2.24) is 9.80 Å². The lowest BCUT2D eigenvalue weighted by Gasteiger charge is -2.53. The second-order valence-corrected chi connectivity index (χ2v) is 5.69. The Kier molecular flexibility index (Phi) is 4.35. The average molecular weight is 223 g/mol. The van der Waals surface area contributed by atoms with Gasteiger partial charge in [0.25, 0.3) is 0 Å². The Morgan fingerprint density at radius 3 is 2.62 bits per heavy atom. The molecule has 1 aliphatic rings. The van der Waals surface area contributed by atoms with Crippen molar-refractivity contribution in [3.05, 3.63) is 0 Å². The van der Waals surface area contributed by atoms with Gasteiger partial charge in [-0.05, 0) is 34.2 Å². The minimum atomic E-state index is 0.171. The molecule has 0 aromatic rings. The van der Waals surface area contributed by atoms with Crippen LogP contribution in [-0.2, 0) is 0 Å². The summed E-state index contributed by atoms with van der Waals surface area (Å²) in [6.07, 6.45) is 1.78. The lowest BCUT2D eigenvalue weighted by molar-refractivity contribution is -0.0411. The Labute approximate surface area is 100 Å². The van der Waals surface area contributed by atoms with Gasteiger partial charge in [0.2, 0.25) is 0 Å². The van der Waals surface area contributed by atoms with Crippen LogP contribution in [0.4, 0.5) is 0 Å². The zero-order valence-electron chi connectivity index (χ0n) is 11.3. The highest BCUT2D eigenvalue weighted by atomic mass is 15.3. The van der Waals surface area contributed by atoms with E-state index in [9.17, 15) is 0 Å². The predicted molar refractivity (Wildman–Crippen MR) is 67.2 cm³/mol. The fourth-order valence-electron chi connectivity index (χ4n) is 3.17. The summed E-state index contributed by atoms with van der Waals surface area (Å²) in [5.74, 6) is 0. The van der Waals surface area contributed by atoms with Crippen LogP contribution in [0.3, 0.4) is 0 Å². The maximum atomic E-state index is 8.95. The second-order valence-electron chi connectivity index (χ2n) is 5.69. The summed E-state index contributed by atoms with van der Waals surface area (Å²) in [6.45, 7) is 11.2. The Hall–Kier alpha value is -0.590. The maximum absolute atomic E-state index is 8.95. The molecule has 1 saturated heterocycles. The van der Waals surface area contributed by atoms with Crippen LogP contribution in [-0.4, -0.2) is 47.6 Å². The van der Waals surface area contributed by atoms with E-state index in [0.29, 0.717) is 18.5 Å². The van der Waals surface area contributed by atoms with Gasteiger partial charge in [0.15, 0.2) is 0 Å². The molecule has 1 rings (SSSR count).